The Morgan fingerprint density at radius 1 is 1.45 bits per heavy atom. The van der Waals surface area contributed by atoms with Gasteiger partial charge in [0.2, 0.25) is 0 Å². The average Bonchev–Trinajstić information content (AvgIpc) is 1.99. The number of rotatable bonds is 1. The van der Waals surface area contributed by atoms with Gasteiger partial charge in [0.05, 0.1) is 5.69 Å². The Morgan fingerprint density at radius 2 is 2.18 bits per heavy atom. The fraction of sp³-hybridized carbons (Fsp3) is 0.222. The maximum Gasteiger partial charge on any atom is 0.151 e. The molecular weight excluding hydrogens is 141 g/mol. The fourth-order valence-electron chi connectivity index (χ4n) is 0.871. The van der Waals surface area contributed by atoms with E-state index < -0.39 is 0 Å². The Labute approximate surface area is 65.6 Å². The molecule has 58 valence electrons. The topological polar surface area (TPSA) is 12.4 Å². The highest BCUT2D eigenvalue weighted by Gasteiger charge is 2.00. The molecule has 0 saturated heterocycles. The zero-order valence-corrected chi connectivity index (χ0v) is 6.63. The van der Waals surface area contributed by atoms with Crippen molar-refractivity contribution in [2.45, 2.75) is 13.8 Å². The summed E-state index contributed by atoms with van der Waals surface area (Å²) in [5, 5.41) is 0. The van der Waals surface area contributed by atoms with E-state index in [0.29, 0.717) is 11.3 Å². The van der Waals surface area contributed by atoms with Gasteiger partial charge in [-0.2, -0.15) is 0 Å². The highest BCUT2D eigenvalue weighted by atomic mass is 19.1. The van der Waals surface area contributed by atoms with Crippen LogP contribution in [0.5, 0.6) is 0 Å². The van der Waals surface area contributed by atoms with Crippen molar-refractivity contribution in [3.8, 4) is 0 Å². The Morgan fingerprint density at radius 3 is 2.82 bits per heavy atom. The summed E-state index contributed by atoms with van der Waals surface area (Å²) in [4.78, 5) is 3.87. The van der Waals surface area contributed by atoms with Gasteiger partial charge in [-0.1, -0.05) is 12.1 Å². The summed E-state index contributed by atoms with van der Waals surface area (Å²) < 4.78 is 13.1. The van der Waals surface area contributed by atoms with E-state index >= 15 is 0 Å². The Bertz CT molecular complexity index is 279. The van der Waals surface area contributed by atoms with Crippen LogP contribution in [0, 0.1) is 12.7 Å². The van der Waals surface area contributed by atoms with Crippen molar-refractivity contribution < 1.29 is 4.39 Å². The Balaban J connectivity index is 3.16. The van der Waals surface area contributed by atoms with Crippen molar-refractivity contribution in [1.82, 2.24) is 0 Å². The molecule has 1 nitrogen and oxygen atoms in total. The zero-order chi connectivity index (χ0) is 8.27. The summed E-state index contributed by atoms with van der Waals surface area (Å²) in [5.41, 5.74) is 1.04. The predicted octanol–water partition coefficient (Wildman–Crippen LogP) is 2.86. The van der Waals surface area contributed by atoms with Crippen LogP contribution in [0.3, 0.4) is 0 Å². The maximum atomic E-state index is 13.1. The van der Waals surface area contributed by atoms with Crippen LogP contribution in [-0.2, 0) is 0 Å². The largest absolute Gasteiger partial charge is 0.258 e. The molecule has 0 spiro atoms. The summed E-state index contributed by atoms with van der Waals surface area (Å²) in [7, 11) is 0. The zero-order valence-electron chi connectivity index (χ0n) is 6.63. The molecule has 2 heteroatoms. The lowest BCUT2D eigenvalue weighted by atomic mass is 10.2. The van der Waals surface area contributed by atoms with Crippen molar-refractivity contribution in [2.75, 3.05) is 0 Å². The van der Waals surface area contributed by atoms with Crippen molar-refractivity contribution in [3.63, 3.8) is 0 Å². The SMILES string of the molecule is CC=Nc1cccc(C)c1F. The molecule has 1 aromatic rings. The molecule has 0 N–H and O–H groups in total. The smallest absolute Gasteiger partial charge is 0.151 e. The summed E-state index contributed by atoms with van der Waals surface area (Å²) in [5.74, 6) is -0.231. The van der Waals surface area contributed by atoms with Crippen molar-refractivity contribution >= 4 is 11.9 Å². The van der Waals surface area contributed by atoms with Crippen molar-refractivity contribution in [1.29, 1.82) is 0 Å². The second kappa shape index (κ2) is 3.28. The number of halogens is 1. The molecule has 0 radical (unpaired) electrons. The molecule has 1 aromatic carbocycles. The van der Waals surface area contributed by atoms with Gasteiger partial charge < -0.3 is 0 Å². The number of aryl methyl sites for hydroxylation is 1. The van der Waals surface area contributed by atoms with Crippen LogP contribution in [0.2, 0.25) is 0 Å². The van der Waals surface area contributed by atoms with Crippen molar-refractivity contribution in [2.24, 2.45) is 4.99 Å². The molecule has 0 atom stereocenters. The number of benzene rings is 1. The van der Waals surface area contributed by atoms with E-state index in [1.165, 1.54) is 0 Å². The molecule has 0 fully saturated rings. The summed E-state index contributed by atoms with van der Waals surface area (Å²) >= 11 is 0. The van der Waals surface area contributed by atoms with Gasteiger partial charge in [0.25, 0.3) is 0 Å². The van der Waals surface area contributed by atoms with Crippen LogP contribution < -0.4 is 0 Å². The molecule has 11 heavy (non-hydrogen) atoms. The van der Waals surface area contributed by atoms with Crippen LogP contribution >= 0.6 is 0 Å². The van der Waals surface area contributed by atoms with Crippen LogP contribution in [0.1, 0.15) is 12.5 Å². The quantitative estimate of drug-likeness (QED) is 0.547. The summed E-state index contributed by atoms with van der Waals surface area (Å²) in [6.07, 6.45) is 1.58. The van der Waals surface area contributed by atoms with Gasteiger partial charge in [0.15, 0.2) is 5.82 Å². The first-order valence-corrected chi connectivity index (χ1v) is 3.49. The highest BCUT2D eigenvalue weighted by Crippen LogP contribution is 2.19. The van der Waals surface area contributed by atoms with Gasteiger partial charge >= 0.3 is 0 Å². The van der Waals surface area contributed by atoms with Gasteiger partial charge in [0.1, 0.15) is 0 Å². The molecule has 0 aromatic heterocycles. The lowest BCUT2D eigenvalue weighted by Gasteiger charge is -1.97. The molecule has 1 rings (SSSR count). The molecule has 0 aliphatic heterocycles. The number of hydrogen-bond donors (Lipinski definition) is 0. The molecule has 0 bridgehead atoms. The van der Waals surface area contributed by atoms with Crippen molar-refractivity contribution in [3.05, 3.63) is 29.6 Å². The van der Waals surface area contributed by atoms with Gasteiger partial charge in [-0.25, -0.2) is 4.39 Å². The van der Waals surface area contributed by atoms with Gasteiger partial charge in [-0.15, -0.1) is 0 Å². The first kappa shape index (κ1) is 7.92. The predicted molar refractivity (Wildman–Crippen MR) is 45.0 cm³/mol. The maximum absolute atomic E-state index is 13.1. The van der Waals surface area contributed by atoms with Gasteiger partial charge in [0, 0.05) is 6.21 Å². The van der Waals surface area contributed by atoms with Gasteiger partial charge in [-0.3, -0.25) is 4.99 Å². The highest BCUT2D eigenvalue weighted by molar-refractivity contribution is 5.61. The monoisotopic (exact) mass is 151 g/mol. The Kier molecular flexibility index (Phi) is 2.36. The minimum atomic E-state index is -0.231. The van der Waals surface area contributed by atoms with E-state index in [2.05, 4.69) is 4.99 Å². The Hall–Kier alpha value is -1.18. The second-order valence-corrected chi connectivity index (χ2v) is 2.30. The molecule has 0 unspecified atom stereocenters. The fourth-order valence-corrected chi connectivity index (χ4v) is 0.871. The molecule has 0 saturated carbocycles. The molecule has 0 heterocycles. The van der Waals surface area contributed by atoms with Crippen LogP contribution in [0.25, 0.3) is 0 Å². The standard InChI is InChI=1S/C9H10FN/c1-3-11-8-6-4-5-7(2)9(8)10/h3-6H,1-2H3. The van der Waals surface area contributed by atoms with Crippen LogP contribution in [0.4, 0.5) is 10.1 Å². The van der Waals surface area contributed by atoms with Gasteiger partial charge in [-0.05, 0) is 25.5 Å². The number of nitrogens with zero attached hydrogens (tertiary/aromatic N) is 1. The first-order chi connectivity index (χ1) is 5.25. The van der Waals surface area contributed by atoms with E-state index in [-0.39, 0.29) is 5.82 Å². The molecule has 0 amide bonds. The minimum Gasteiger partial charge on any atom is -0.258 e. The van der Waals surface area contributed by atoms with E-state index in [1.54, 1.807) is 38.3 Å². The number of aliphatic imine (C=N–C) groups is 1. The lowest BCUT2D eigenvalue weighted by Crippen LogP contribution is -1.81. The third-order valence-corrected chi connectivity index (χ3v) is 1.44. The average molecular weight is 151 g/mol. The van der Waals surface area contributed by atoms with E-state index in [4.69, 9.17) is 0 Å². The van der Waals surface area contributed by atoms with E-state index in [9.17, 15) is 4.39 Å². The number of hydrogen-bond acceptors (Lipinski definition) is 1. The molecule has 0 aliphatic carbocycles. The third-order valence-electron chi connectivity index (χ3n) is 1.44. The molecular formula is C9H10FN. The first-order valence-electron chi connectivity index (χ1n) is 3.49. The lowest BCUT2D eigenvalue weighted by molar-refractivity contribution is 0.621. The summed E-state index contributed by atoms with van der Waals surface area (Å²) in [6.45, 7) is 3.49. The molecule has 0 aliphatic rings. The third kappa shape index (κ3) is 1.64. The minimum absolute atomic E-state index is 0.231. The van der Waals surface area contributed by atoms with Crippen LogP contribution in [0.15, 0.2) is 23.2 Å². The summed E-state index contributed by atoms with van der Waals surface area (Å²) in [6, 6.07) is 5.17. The normalized spacial score (nSPS) is 10.8. The van der Waals surface area contributed by atoms with E-state index in [1.807, 2.05) is 0 Å². The van der Waals surface area contributed by atoms with Crippen LogP contribution in [-0.4, -0.2) is 6.21 Å². The van der Waals surface area contributed by atoms with E-state index in [0.717, 1.165) is 0 Å². The second-order valence-electron chi connectivity index (χ2n) is 2.30.